The summed E-state index contributed by atoms with van der Waals surface area (Å²) in [6.45, 7) is 11.2. The summed E-state index contributed by atoms with van der Waals surface area (Å²) < 4.78 is 11.0. The molecule has 0 bridgehead atoms. The molecule has 1 aromatic heterocycles. The zero-order valence-electron chi connectivity index (χ0n) is 18.4. The number of hydrogen-bond donors (Lipinski definition) is 1. The van der Waals surface area contributed by atoms with Gasteiger partial charge in [0.2, 0.25) is 0 Å². The number of aliphatic hydroxyl groups is 1. The number of aromatic nitrogens is 1. The number of morpholine rings is 1. The van der Waals surface area contributed by atoms with E-state index in [1.165, 1.54) is 10.4 Å². The third-order valence-corrected chi connectivity index (χ3v) is 7.02. The number of rotatable bonds is 9. The first-order valence-electron chi connectivity index (χ1n) is 11.3. The van der Waals surface area contributed by atoms with Gasteiger partial charge in [0.15, 0.2) is 5.13 Å². The molecule has 0 aliphatic carbocycles. The van der Waals surface area contributed by atoms with Crippen LogP contribution in [-0.2, 0) is 17.8 Å². The quantitative estimate of drug-likeness (QED) is 0.635. The Labute approximate surface area is 189 Å². The normalized spacial score (nSPS) is 20.8. The van der Waals surface area contributed by atoms with E-state index < -0.39 is 0 Å². The van der Waals surface area contributed by atoms with Crippen molar-refractivity contribution in [2.24, 2.45) is 0 Å². The lowest BCUT2D eigenvalue weighted by molar-refractivity contribution is 0.0504. The van der Waals surface area contributed by atoms with Crippen molar-refractivity contribution in [3.05, 3.63) is 40.9 Å². The molecule has 4 rings (SSSR count). The van der Waals surface area contributed by atoms with Gasteiger partial charge in [-0.3, -0.25) is 9.80 Å². The van der Waals surface area contributed by atoms with Crippen LogP contribution >= 0.6 is 11.3 Å². The molecule has 3 heterocycles. The van der Waals surface area contributed by atoms with Crippen LogP contribution in [0.4, 0.5) is 5.13 Å². The number of piperazine rings is 1. The zero-order valence-corrected chi connectivity index (χ0v) is 19.2. The van der Waals surface area contributed by atoms with Crippen LogP contribution < -0.4 is 9.64 Å². The second kappa shape index (κ2) is 11.2. The second-order valence-electron chi connectivity index (χ2n) is 8.16. The van der Waals surface area contributed by atoms with Crippen molar-refractivity contribution in [3.63, 3.8) is 0 Å². The van der Waals surface area contributed by atoms with E-state index in [2.05, 4.69) is 31.8 Å². The van der Waals surface area contributed by atoms with Gasteiger partial charge in [0, 0.05) is 69.5 Å². The Kier molecular flexibility index (Phi) is 8.15. The molecule has 0 saturated carbocycles. The standard InChI is InChI=1S/C23H34N4O3S/c1-2-30-21-5-3-19(4-6-21)16-27-9-8-25(17-20(27)7-12-28)18-22-15-24-23(31-22)26-10-13-29-14-11-26/h3-6,15,20,28H,2,7-14,16-18H2,1H3/t20-/m0/s1. The van der Waals surface area contributed by atoms with Crippen LogP contribution in [0.2, 0.25) is 0 Å². The van der Waals surface area contributed by atoms with Gasteiger partial charge >= 0.3 is 0 Å². The molecule has 170 valence electrons. The summed E-state index contributed by atoms with van der Waals surface area (Å²) in [5.41, 5.74) is 1.29. The smallest absolute Gasteiger partial charge is 0.185 e. The number of hydrogen-bond acceptors (Lipinski definition) is 8. The Hall–Kier alpha value is -1.71. The summed E-state index contributed by atoms with van der Waals surface area (Å²) in [5, 5.41) is 10.7. The van der Waals surface area contributed by atoms with Crippen LogP contribution in [0, 0.1) is 0 Å². The van der Waals surface area contributed by atoms with Crippen molar-refractivity contribution in [1.29, 1.82) is 0 Å². The number of aliphatic hydroxyl groups excluding tert-OH is 1. The molecular weight excluding hydrogens is 412 g/mol. The molecule has 1 atom stereocenters. The van der Waals surface area contributed by atoms with Gasteiger partial charge < -0.3 is 19.5 Å². The van der Waals surface area contributed by atoms with Crippen LogP contribution in [0.5, 0.6) is 5.75 Å². The number of ether oxygens (including phenoxy) is 2. The highest BCUT2D eigenvalue weighted by atomic mass is 32.1. The zero-order chi connectivity index (χ0) is 21.5. The summed E-state index contributed by atoms with van der Waals surface area (Å²) in [6.07, 6.45) is 2.83. The highest BCUT2D eigenvalue weighted by Crippen LogP contribution is 2.26. The van der Waals surface area contributed by atoms with Crippen LogP contribution in [-0.4, -0.2) is 85.1 Å². The first-order valence-corrected chi connectivity index (χ1v) is 12.1. The monoisotopic (exact) mass is 446 g/mol. The van der Waals surface area contributed by atoms with Gasteiger partial charge in [-0.25, -0.2) is 4.98 Å². The Morgan fingerprint density at radius 2 is 1.94 bits per heavy atom. The molecule has 8 heteroatoms. The molecule has 2 aliphatic rings. The summed E-state index contributed by atoms with van der Waals surface area (Å²) >= 11 is 1.80. The fourth-order valence-electron chi connectivity index (χ4n) is 4.32. The van der Waals surface area contributed by atoms with Crippen molar-refractivity contribution in [2.45, 2.75) is 32.5 Å². The SMILES string of the molecule is CCOc1ccc(CN2CCN(Cc3cnc(N4CCOCC4)s3)C[C@@H]2CCO)cc1. The fourth-order valence-corrected chi connectivity index (χ4v) is 5.32. The maximum absolute atomic E-state index is 9.64. The van der Waals surface area contributed by atoms with Gasteiger partial charge in [0.05, 0.1) is 19.8 Å². The molecule has 0 amide bonds. The van der Waals surface area contributed by atoms with E-state index in [4.69, 9.17) is 9.47 Å². The average Bonchev–Trinajstić information content (AvgIpc) is 3.26. The van der Waals surface area contributed by atoms with Gasteiger partial charge in [-0.1, -0.05) is 12.1 Å². The Bertz CT molecular complexity index is 794. The van der Waals surface area contributed by atoms with Crippen LogP contribution in [0.15, 0.2) is 30.5 Å². The molecule has 0 radical (unpaired) electrons. The van der Waals surface area contributed by atoms with E-state index in [1.54, 1.807) is 11.3 Å². The minimum absolute atomic E-state index is 0.222. The van der Waals surface area contributed by atoms with Crippen molar-refractivity contribution < 1.29 is 14.6 Å². The second-order valence-corrected chi connectivity index (χ2v) is 9.25. The molecule has 1 aromatic carbocycles. The minimum atomic E-state index is 0.222. The van der Waals surface area contributed by atoms with Crippen molar-refractivity contribution in [2.75, 3.05) is 64.1 Å². The summed E-state index contributed by atoms with van der Waals surface area (Å²) in [6, 6.07) is 8.75. The summed E-state index contributed by atoms with van der Waals surface area (Å²) in [4.78, 5) is 13.3. The maximum Gasteiger partial charge on any atom is 0.185 e. The van der Waals surface area contributed by atoms with Crippen LogP contribution in [0.1, 0.15) is 23.8 Å². The van der Waals surface area contributed by atoms with Gasteiger partial charge in [0.1, 0.15) is 5.75 Å². The lowest BCUT2D eigenvalue weighted by Gasteiger charge is -2.41. The van der Waals surface area contributed by atoms with Crippen molar-refractivity contribution in [1.82, 2.24) is 14.8 Å². The van der Waals surface area contributed by atoms with Gasteiger partial charge in [-0.15, -0.1) is 11.3 Å². The average molecular weight is 447 g/mol. The van der Waals surface area contributed by atoms with Gasteiger partial charge in [-0.05, 0) is 31.0 Å². The van der Waals surface area contributed by atoms with E-state index >= 15 is 0 Å². The molecule has 2 saturated heterocycles. The topological polar surface area (TPSA) is 61.3 Å². The Morgan fingerprint density at radius 3 is 2.68 bits per heavy atom. The van der Waals surface area contributed by atoms with Gasteiger partial charge in [-0.2, -0.15) is 0 Å². The van der Waals surface area contributed by atoms with E-state index in [0.717, 1.165) is 76.3 Å². The largest absolute Gasteiger partial charge is 0.494 e. The van der Waals surface area contributed by atoms with Crippen LogP contribution in [0.3, 0.4) is 0 Å². The maximum atomic E-state index is 9.64. The van der Waals surface area contributed by atoms with E-state index in [0.29, 0.717) is 12.6 Å². The molecule has 2 fully saturated rings. The van der Waals surface area contributed by atoms with E-state index in [-0.39, 0.29) is 6.61 Å². The molecule has 1 N–H and O–H groups in total. The number of nitrogens with zero attached hydrogens (tertiary/aromatic N) is 4. The molecule has 0 spiro atoms. The predicted octanol–water partition coefficient (Wildman–Crippen LogP) is 2.45. The highest BCUT2D eigenvalue weighted by Gasteiger charge is 2.27. The fraction of sp³-hybridized carbons (Fsp3) is 0.609. The van der Waals surface area contributed by atoms with Crippen LogP contribution in [0.25, 0.3) is 0 Å². The Morgan fingerprint density at radius 1 is 1.13 bits per heavy atom. The molecule has 2 aromatic rings. The van der Waals surface area contributed by atoms with E-state index in [9.17, 15) is 5.11 Å². The third-order valence-electron chi connectivity index (χ3n) is 5.97. The summed E-state index contributed by atoms with van der Waals surface area (Å²) in [7, 11) is 0. The minimum Gasteiger partial charge on any atom is -0.494 e. The lowest BCUT2D eigenvalue weighted by Crippen LogP contribution is -2.52. The first kappa shape index (κ1) is 22.5. The third kappa shape index (κ3) is 6.17. The molecule has 7 nitrogen and oxygen atoms in total. The highest BCUT2D eigenvalue weighted by molar-refractivity contribution is 7.15. The predicted molar refractivity (Wildman–Crippen MR) is 124 cm³/mol. The lowest BCUT2D eigenvalue weighted by atomic mass is 10.1. The van der Waals surface area contributed by atoms with Crippen molar-refractivity contribution in [3.8, 4) is 5.75 Å². The molecule has 2 aliphatic heterocycles. The summed E-state index contributed by atoms with van der Waals surface area (Å²) in [5.74, 6) is 0.920. The van der Waals surface area contributed by atoms with Crippen molar-refractivity contribution >= 4 is 16.5 Å². The number of anilines is 1. The molecular formula is C23H34N4O3S. The first-order chi connectivity index (χ1) is 15.2. The van der Waals surface area contributed by atoms with E-state index in [1.807, 2.05) is 25.3 Å². The van der Waals surface area contributed by atoms with Gasteiger partial charge in [0.25, 0.3) is 0 Å². The Balaban J connectivity index is 1.32. The molecule has 0 unspecified atom stereocenters. The molecule has 31 heavy (non-hydrogen) atoms. The number of thiazole rings is 1. The number of benzene rings is 1.